The molecule has 1 aromatic carbocycles. The zero-order valence-corrected chi connectivity index (χ0v) is 10.3. The first-order valence-electron chi connectivity index (χ1n) is 6.14. The lowest BCUT2D eigenvalue weighted by atomic mass is 9.66. The van der Waals surface area contributed by atoms with Gasteiger partial charge < -0.3 is 5.73 Å². The van der Waals surface area contributed by atoms with E-state index in [0.717, 1.165) is 19.0 Å². The van der Waals surface area contributed by atoms with Crippen molar-refractivity contribution in [1.29, 1.82) is 0 Å². The third-order valence-corrected chi connectivity index (χ3v) is 4.30. The highest BCUT2D eigenvalue weighted by atomic mass is 15.2. The van der Waals surface area contributed by atoms with Crippen LogP contribution in [0.3, 0.4) is 0 Å². The van der Waals surface area contributed by atoms with Gasteiger partial charge in [0.1, 0.15) is 0 Å². The van der Waals surface area contributed by atoms with Crippen LogP contribution in [0.1, 0.15) is 25.3 Å². The van der Waals surface area contributed by atoms with Crippen molar-refractivity contribution in [2.45, 2.75) is 31.8 Å². The zero-order chi connectivity index (χ0) is 11.6. The molecule has 0 saturated heterocycles. The summed E-state index contributed by atoms with van der Waals surface area (Å²) in [6.07, 6.45) is 2.56. The van der Waals surface area contributed by atoms with Crippen LogP contribution in [-0.4, -0.2) is 24.0 Å². The van der Waals surface area contributed by atoms with Crippen molar-refractivity contribution < 1.29 is 0 Å². The van der Waals surface area contributed by atoms with Crippen LogP contribution >= 0.6 is 0 Å². The Balaban J connectivity index is 2.05. The highest BCUT2D eigenvalue weighted by Crippen LogP contribution is 2.42. The van der Waals surface area contributed by atoms with E-state index in [0.29, 0.717) is 0 Å². The smallest absolute Gasteiger partial charge is 0.0357 e. The largest absolute Gasteiger partial charge is 0.329 e. The normalized spacial score (nSPS) is 29.1. The summed E-state index contributed by atoms with van der Waals surface area (Å²) < 4.78 is 0. The Labute approximate surface area is 98.4 Å². The molecule has 2 N–H and O–H groups in total. The van der Waals surface area contributed by atoms with Crippen molar-refractivity contribution in [1.82, 2.24) is 4.90 Å². The van der Waals surface area contributed by atoms with Crippen molar-refractivity contribution in [2.75, 3.05) is 13.6 Å². The van der Waals surface area contributed by atoms with Crippen molar-refractivity contribution in [2.24, 2.45) is 11.7 Å². The molecule has 88 valence electrons. The molecule has 1 aliphatic carbocycles. The molecule has 2 unspecified atom stereocenters. The molecular weight excluding hydrogens is 196 g/mol. The third-order valence-electron chi connectivity index (χ3n) is 4.30. The molecule has 0 aromatic heterocycles. The van der Waals surface area contributed by atoms with E-state index in [4.69, 9.17) is 5.73 Å². The fourth-order valence-corrected chi connectivity index (χ4v) is 2.81. The molecule has 2 nitrogen and oxygen atoms in total. The number of benzene rings is 1. The Morgan fingerprint density at radius 2 is 2.06 bits per heavy atom. The van der Waals surface area contributed by atoms with Gasteiger partial charge in [-0.15, -0.1) is 0 Å². The number of likely N-dealkylation sites (N-methyl/N-ethyl adjacent to an activating group) is 1. The second-order valence-electron chi connectivity index (χ2n) is 5.09. The minimum atomic E-state index is 0.246. The predicted molar refractivity (Wildman–Crippen MR) is 68.1 cm³/mol. The monoisotopic (exact) mass is 218 g/mol. The van der Waals surface area contributed by atoms with Gasteiger partial charge in [0.25, 0.3) is 0 Å². The van der Waals surface area contributed by atoms with Crippen molar-refractivity contribution >= 4 is 0 Å². The van der Waals surface area contributed by atoms with Gasteiger partial charge in [-0.05, 0) is 31.4 Å². The van der Waals surface area contributed by atoms with Gasteiger partial charge in [0.2, 0.25) is 0 Å². The number of rotatable bonds is 4. The number of hydrogen-bond donors (Lipinski definition) is 1. The molecule has 0 radical (unpaired) electrons. The molecule has 2 heteroatoms. The molecule has 1 fully saturated rings. The van der Waals surface area contributed by atoms with E-state index < -0.39 is 0 Å². The first-order chi connectivity index (χ1) is 7.69. The van der Waals surface area contributed by atoms with E-state index >= 15 is 0 Å². The van der Waals surface area contributed by atoms with E-state index in [-0.39, 0.29) is 5.54 Å². The summed E-state index contributed by atoms with van der Waals surface area (Å²) in [5.41, 5.74) is 7.59. The molecule has 2 atom stereocenters. The molecule has 0 amide bonds. The highest BCUT2D eigenvalue weighted by molar-refractivity contribution is 5.16. The van der Waals surface area contributed by atoms with E-state index in [1.807, 2.05) is 0 Å². The Hall–Kier alpha value is -0.860. The molecular formula is C14H22N2. The molecule has 0 bridgehead atoms. The Morgan fingerprint density at radius 1 is 1.38 bits per heavy atom. The first kappa shape index (κ1) is 11.6. The van der Waals surface area contributed by atoms with E-state index in [1.165, 1.54) is 18.4 Å². The molecule has 1 aromatic rings. The third kappa shape index (κ3) is 1.87. The van der Waals surface area contributed by atoms with Crippen molar-refractivity contribution in [3.63, 3.8) is 0 Å². The minimum Gasteiger partial charge on any atom is -0.329 e. The van der Waals surface area contributed by atoms with Crippen LogP contribution < -0.4 is 5.73 Å². The lowest BCUT2D eigenvalue weighted by Gasteiger charge is -2.53. The van der Waals surface area contributed by atoms with Gasteiger partial charge in [-0.3, -0.25) is 4.90 Å². The summed E-state index contributed by atoms with van der Waals surface area (Å²) in [6.45, 7) is 4.09. The molecule has 0 aliphatic heterocycles. The molecule has 16 heavy (non-hydrogen) atoms. The van der Waals surface area contributed by atoms with E-state index in [9.17, 15) is 0 Å². The average molecular weight is 218 g/mol. The topological polar surface area (TPSA) is 29.3 Å². The van der Waals surface area contributed by atoms with Gasteiger partial charge in [0.15, 0.2) is 0 Å². The van der Waals surface area contributed by atoms with Gasteiger partial charge in [-0.1, -0.05) is 37.3 Å². The molecule has 0 heterocycles. The first-order valence-corrected chi connectivity index (χ1v) is 6.14. The van der Waals surface area contributed by atoms with E-state index in [2.05, 4.69) is 49.2 Å². The summed E-state index contributed by atoms with van der Waals surface area (Å²) in [7, 11) is 2.20. The highest BCUT2D eigenvalue weighted by Gasteiger charge is 2.45. The fraction of sp³-hybridized carbons (Fsp3) is 0.571. The SMILES string of the molecule is CC1CCC1(CN)N(C)Cc1ccccc1. The predicted octanol–water partition coefficient (Wildman–Crippen LogP) is 2.25. The Bertz CT molecular complexity index is 332. The van der Waals surface area contributed by atoms with Gasteiger partial charge in [0.05, 0.1) is 0 Å². The summed E-state index contributed by atoms with van der Waals surface area (Å²) in [4.78, 5) is 2.44. The van der Waals surface area contributed by atoms with Crippen LogP contribution in [0.4, 0.5) is 0 Å². The zero-order valence-electron chi connectivity index (χ0n) is 10.3. The molecule has 1 aliphatic rings. The molecule has 2 rings (SSSR count). The molecule has 1 saturated carbocycles. The van der Waals surface area contributed by atoms with Gasteiger partial charge in [0, 0.05) is 18.6 Å². The summed E-state index contributed by atoms with van der Waals surface area (Å²) in [5.74, 6) is 0.728. The summed E-state index contributed by atoms with van der Waals surface area (Å²) in [5, 5.41) is 0. The van der Waals surface area contributed by atoms with Crippen LogP contribution in [0.2, 0.25) is 0 Å². The van der Waals surface area contributed by atoms with Crippen LogP contribution in [0, 0.1) is 5.92 Å². The lowest BCUT2D eigenvalue weighted by molar-refractivity contribution is -0.0174. The number of nitrogens with two attached hydrogens (primary N) is 1. The van der Waals surface area contributed by atoms with Crippen LogP contribution in [0.15, 0.2) is 30.3 Å². The van der Waals surface area contributed by atoms with Gasteiger partial charge in [-0.25, -0.2) is 0 Å². The second kappa shape index (κ2) is 4.56. The van der Waals surface area contributed by atoms with Crippen LogP contribution in [0.5, 0.6) is 0 Å². The lowest BCUT2D eigenvalue weighted by Crippen LogP contribution is -2.61. The summed E-state index contributed by atoms with van der Waals surface area (Å²) >= 11 is 0. The van der Waals surface area contributed by atoms with Gasteiger partial charge >= 0.3 is 0 Å². The maximum Gasteiger partial charge on any atom is 0.0357 e. The Morgan fingerprint density at radius 3 is 2.50 bits per heavy atom. The maximum atomic E-state index is 5.97. The van der Waals surface area contributed by atoms with Crippen molar-refractivity contribution in [3.05, 3.63) is 35.9 Å². The van der Waals surface area contributed by atoms with Gasteiger partial charge in [-0.2, -0.15) is 0 Å². The second-order valence-corrected chi connectivity index (χ2v) is 5.09. The van der Waals surface area contributed by atoms with Crippen LogP contribution in [-0.2, 0) is 6.54 Å². The average Bonchev–Trinajstić information content (AvgIpc) is 2.30. The van der Waals surface area contributed by atoms with Crippen molar-refractivity contribution in [3.8, 4) is 0 Å². The quantitative estimate of drug-likeness (QED) is 0.840. The van der Waals surface area contributed by atoms with E-state index in [1.54, 1.807) is 0 Å². The molecule has 0 spiro atoms. The Kier molecular flexibility index (Phi) is 3.31. The standard InChI is InChI=1S/C14H22N2/c1-12-8-9-14(12,11-15)16(2)10-13-6-4-3-5-7-13/h3-7,12H,8-11,15H2,1-2H3. The summed E-state index contributed by atoms with van der Waals surface area (Å²) in [6, 6.07) is 10.6. The number of nitrogens with zero attached hydrogens (tertiary/aromatic N) is 1. The fourth-order valence-electron chi connectivity index (χ4n) is 2.81. The van der Waals surface area contributed by atoms with Crippen LogP contribution in [0.25, 0.3) is 0 Å². The number of hydrogen-bond acceptors (Lipinski definition) is 2. The minimum absolute atomic E-state index is 0.246. The maximum absolute atomic E-state index is 5.97.